The fraction of sp³-hybridized carbons (Fsp3) is 0.0667. The van der Waals surface area contributed by atoms with Crippen molar-refractivity contribution in [3.8, 4) is 11.5 Å². The molecule has 0 atom stereocenters. The summed E-state index contributed by atoms with van der Waals surface area (Å²) < 4.78 is 7.67. The Morgan fingerprint density at radius 1 is 1.11 bits per heavy atom. The summed E-state index contributed by atoms with van der Waals surface area (Å²) in [5.74, 6) is 0.784. The number of furan rings is 1. The van der Waals surface area contributed by atoms with Crippen LogP contribution in [0.15, 0.2) is 53.1 Å². The summed E-state index contributed by atoms with van der Waals surface area (Å²) in [5.41, 5.74) is 3.51. The Hall–Kier alpha value is -2.62. The second-order valence-corrected chi connectivity index (χ2v) is 4.54. The molecule has 4 rings (SSSR count). The highest BCUT2D eigenvalue weighted by Gasteiger charge is 2.11. The Bertz CT molecular complexity index is 856. The molecule has 0 aliphatic heterocycles. The van der Waals surface area contributed by atoms with E-state index in [9.17, 15) is 0 Å². The summed E-state index contributed by atoms with van der Waals surface area (Å²) in [6.45, 7) is 1.96. The van der Waals surface area contributed by atoms with Crippen LogP contribution in [0.2, 0.25) is 0 Å². The number of fused-ring (bicyclic) bond motifs is 2. The predicted molar refractivity (Wildman–Crippen MR) is 72.9 cm³/mol. The smallest absolute Gasteiger partial charge is 0.155 e. The summed E-state index contributed by atoms with van der Waals surface area (Å²) >= 11 is 0. The first-order chi connectivity index (χ1) is 9.31. The maximum atomic E-state index is 5.86. The molecule has 0 spiro atoms. The number of rotatable bonds is 1. The number of para-hydroxylation sites is 1. The van der Waals surface area contributed by atoms with Crippen LogP contribution in [-0.2, 0) is 0 Å². The molecule has 4 aromatic rings. The van der Waals surface area contributed by atoms with E-state index in [-0.39, 0.29) is 0 Å². The van der Waals surface area contributed by atoms with Crippen LogP contribution in [0.4, 0.5) is 0 Å². The number of nitrogens with zero attached hydrogens (tertiary/aromatic N) is 3. The zero-order valence-electron chi connectivity index (χ0n) is 10.4. The summed E-state index contributed by atoms with van der Waals surface area (Å²) in [5, 5.41) is 5.56. The van der Waals surface area contributed by atoms with Crippen molar-refractivity contribution in [2.75, 3.05) is 0 Å². The number of aryl methyl sites for hydroxylation is 1. The van der Waals surface area contributed by atoms with Crippen LogP contribution in [0.25, 0.3) is 28.1 Å². The second-order valence-electron chi connectivity index (χ2n) is 4.54. The molecule has 1 aromatic carbocycles. The van der Waals surface area contributed by atoms with Crippen LogP contribution in [0.5, 0.6) is 0 Å². The van der Waals surface area contributed by atoms with E-state index in [1.54, 1.807) is 6.20 Å². The third-order valence-corrected chi connectivity index (χ3v) is 3.17. The molecule has 0 fully saturated rings. The molecule has 0 radical (unpaired) electrons. The molecule has 0 amide bonds. The van der Waals surface area contributed by atoms with Crippen molar-refractivity contribution in [1.82, 2.24) is 14.6 Å². The van der Waals surface area contributed by atoms with Gasteiger partial charge in [0.15, 0.2) is 11.4 Å². The number of hydrogen-bond donors (Lipinski definition) is 0. The molecule has 19 heavy (non-hydrogen) atoms. The number of hydrogen-bond acceptors (Lipinski definition) is 3. The lowest BCUT2D eigenvalue weighted by atomic mass is 10.2. The largest absolute Gasteiger partial charge is 0.454 e. The van der Waals surface area contributed by atoms with E-state index < -0.39 is 0 Å². The molecule has 3 aromatic heterocycles. The quantitative estimate of drug-likeness (QED) is 0.519. The van der Waals surface area contributed by atoms with E-state index in [0.717, 1.165) is 33.8 Å². The highest BCUT2D eigenvalue weighted by Crippen LogP contribution is 2.27. The van der Waals surface area contributed by atoms with Gasteiger partial charge in [-0.2, -0.15) is 5.10 Å². The summed E-state index contributed by atoms with van der Waals surface area (Å²) in [7, 11) is 0. The second kappa shape index (κ2) is 3.68. The van der Waals surface area contributed by atoms with Crippen molar-refractivity contribution >= 4 is 16.6 Å². The third kappa shape index (κ3) is 1.53. The van der Waals surface area contributed by atoms with E-state index in [4.69, 9.17) is 4.42 Å². The first-order valence-electron chi connectivity index (χ1n) is 6.11. The standard InChI is InChI=1S/C15H11N3O/c1-10-6-7-15-16-9-12(18(15)17-10)14-8-11-4-2-3-5-13(11)19-14/h2-9H,1H3. The van der Waals surface area contributed by atoms with Gasteiger partial charge in [-0.05, 0) is 31.2 Å². The van der Waals surface area contributed by atoms with Gasteiger partial charge in [0.05, 0.1) is 11.9 Å². The minimum atomic E-state index is 0.784. The highest BCUT2D eigenvalue weighted by molar-refractivity contribution is 5.82. The molecule has 0 bridgehead atoms. The molecule has 92 valence electrons. The maximum Gasteiger partial charge on any atom is 0.155 e. The minimum absolute atomic E-state index is 0.784. The monoisotopic (exact) mass is 249 g/mol. The molecule has 4 heteroatoms. The molecule has 0 aliphatic carbocycles. The van der Waals surface area contributed by atoms with E-state index >= 15 is 0 Å². The molecule has 0 saturated carbocycles. The summed E-state index contributed by atoms with van der Waals surface area (Å²) in [6.07, 6.45) is 1.79. The fourth-order valence-electron chi connectivity index (χ4n) is 2.24. The van der Waals surface area contributed by atoms with Crippen molar-refractivity contribution in [3.63, 3.8) is 0 Å². The van der Waals surface area contributed by atoms with Gasteiger partial charge in [-0.15, -0.1) is 0 Å². The molecule has 4 nitrogen and oxygen atoms in total. The van der Waals surface area contributed by atoms with Gasteiger partial charge >= 0.3 is 0 Å². The van der Waals surface area contributed by atoms with Crippen LogP contribution in [0.3, 0.4) is 0 Å². The third-order valence-electron chi connectivity index (χ3n) is 3.17. The Kier molecular flexibility index (Phi) is 2.00. The van der Waals surface area contributed by atoms with Crippen LogP contribution in [0, 0.1) is 6.92 Å². The zero-order valence-corrected chi connectivity index (χ0v) is 10.4. The average molecular weight is 249 g/mol. The van der Waals surface area contributed by atoms with Crippen LogP contribution < -0.4 is 0 Å². The highest BCUT2D eigenvalue weighted by atomic mass is 16.3. The van der Waals surface area contributed by atoms with Crippen molar-refractivity contribution in [2.45, 2.75) is 6.92 Å². The van der Waals surface area contributed by atoms with Crippen molar-refractivity contribution in [1.29, 1.82) is 0 Å². The van der Waals surface area contributed by atoms with Crippen molar-refractivity contribution in [3.05, 3.63) is 54.4 Å². The van der Waals surface area contributed by atoms with Crippen molar-refractivity contribution in [2.24, 2.45) is 0 Å². The Morgan fingerprint density at radius 2 is 2.00 bits per heavy atom. The molecule has 0 N–H and O–H groups in total. The SMILES string of the molecule is Cc1ccc2ncc(-c3cc4ccccc4o3)n2n1. The molecular formula is C15H11N3O. The van der Waals surface area contributed by atoms with E-state index in [0.29, 0.717) is 0 Å². The van der Waals surface area contributed by atoms with E-state index in [2.05, 4.69) is 10.1 Å². The van der Waals surface area contributed by atoms with Crippen LogP contribution in [-0.4, -0.2) is 14.6 Å². The van der Waals surface area contributed by atoms with Gasteiger partial charge in [0.2, 0.25) is 0 Å². The first kappa shape index (κ1) is 10.3. The Morgan fingerprint density at radius 3 is 2.89 bits per heavy atom. The lowest BCUT2D eigenvalue weighted by Gasteiger charge is -1.98. The molecular weight excluding hydrogens is 238 g/mol. The van der Waals surface area contributed by atoms with Gasteiger partial charge in [-0.3, -0.25) is 0 Å². The predicted octanol–water partition coefficient (Wildman–Crippen LogP) is 3.45. The van der Waals surface area contributed by atoms with Crippen molar-refractivity contribution < 1.29 is 4.42 Å². The van der Waals surface area contributed by atoms with Gasteiger partial charge in [-0.25, -0.2) is 9.50 Å². The van der Waals surface area contributed by atoms with Gasteiger partial charge in [0.25, 0.3) is 0 Å². The normalized spacial score (nSPS) is 11.4. The van der Waals surface area contributed by atoms with Crippen LogP contribution >= 0.6 is 0 Å². The number of benzene rings is 1. The Labute approximate surface area is 109 Å². The van der Waals surface area contributed by atoms with Gasteiger partial charge < -0.3 is 4.42 Å². The Balaban J connectivity index is 2.00. The lowest BCUT2D eigenvalue weighted by Crippen LogP contribution is -1.95. The van der Waals surface area contributed by atoms with Crippen LogP contribution in [0.1, 0.15) is 5.69 Å². The van der Waals surface area contributed by atoms with E-state index in [1.807, 2.05) is 53.9 Å². The zero-order chi connectivity index (χ0) is 12.8. The molecule has 0 aliphatic rings. The molecule has 3 heterocycles. The van der Waals surface area contributed by atoms with Gasteiger partial charge in [-0.1, -0.05) is 18.2 Å². The lowest BCUT2D eigenvalue weighted by molar-refractivity contribution is 0.625. The summed E-state index contributed by atoms with van der Waals surface area (Å²) in [6, 6.07) is 13.9. The fourth-order valence-corrected chi connectivity index (χ4v) is 2.24. The molecule has 0 unspecified atom stereocenters. The number of imidazole rings is 1. The average Bonchev–Trinajstić information content (AvgIpc) is 3.00. The van der Waals surface area contributed by atoms with Gasteiger partial charge in [0.1, 0.15) is 11.3 Å². The molecule has 0 saturated heterocycles. The minimum Gasteiger partial charge on any atom is -0.454 e. The maximum absolute atomic E-state index is 5.86. The van der Waals surface area contributed by atoms with E-state index in [1.165, 1.54) is 0 Å². The first-order valence-corrected chi connectivity index (χ1v) is 6.11. The van der Waals surface area contributed by atoms with Gasteiger partial charge in [0, 0.05) is 5.39 Å². The topological polar surface area (TPSA) is 43.3 Å². The summed E-state index contributed by atoms with van der Waals surface area (Å²) in [4.78, 5) is 4.35. The number of aromatic nitrogens is 3.